The van der Waals surface area contributed by atoms with E-state index >= 15 is 0 Å². The van der Waals surface area contributed by atoms with Gasteiger partial charge in [-0.3, -0.25) is 4.79 Å². The molecule has 0 aromatic rings. The van der Waals surface area contributed by atoms with Gasteiger partial charge in [0.1, 0.15) is 0 Å². The van der Waals surface area contributed by atoms with Gasteiger partial charge in [0.05, 0.1) is 19.3 Å². The molecule has 0 aliphatic heterocycles. The topological polar surface area (TPSA) is 76.0 Å². The Morgan fingerprint density at radius 3 is 1.83 bits per heavy atom. The molecule has 0 spiro atoms. The zero-order valence-corrected chi connectivity index (χ0v) is 12.4. The largest absolute Gasteiger partial charge is 0.466 e. The molecule has 0 aromatic carbocycles. The summed E-state index contributed by atoms with van der Waals surface area (Å²) in [6, 6.07) is 0. The van der Waals surface area contributed by atoms with Gasteiger partial charge in [0, 0.05) is 20.1 Å². The standard InChI is InChI=1S/C6H12O2.C4H10O.C3H8O2/c1-3-4-5-8-6(2)7;1-3-5-4-2;1-3(5)2-4/h3-5H2,1-2H3;3-4H2,1-2H3;3-5H,2H2,1H3. The second-order valence-electron chi connectivity index (χ2n) is 3.51. The van der Waals surface area contributed by atoms with E-state index in [1.807, 2.05) is 13.8 Å². The molecule has 18 heavy (non-hydrogen) atoms. The Hall–Kier alpha value is -0.650. The molecule has 0 aromatic heterocycles. The minimum Gasteiger partial charge on any atom is -0.466 e. The molecule has 5 nitrogen and oxygen atoms in total. The first kappa shape index (κ1) is 22.5. The molecule has 0 saturated carbocycles. The summed E-state index contributed by atoms with van der Waals surface area (Å²) in [5.74, 6) is -0.182. The second kappa shape index (κ2) is 21.6. The lowest BCUT2D eigenvalue weighted by atomic mass is 10.4. The van der Waals surface area contributed by atoms with Crippen molar-refractivity contribution in [2.24, 2.45) is 0 Å². The summed E-state index contributed by atoms with van der Waals surface area (Å²) in [4.78, 5) is 10.1. The van der Waals surface area contributed by atoms with Gasteiger partial charge >= 0.3 is 5.97 Å². The van der Waals surface area contributed by atoms with Gasteiger partial charge in [0.25, 0.3) is 0 Å². The summed E-state index contributed by atoms with van der Waals surface area (Å²) in [7, 11) is 0. The van der Waals surface area contributed by atoms with Gasteiger partial charge < -0.3 is 19.7 Å². The van der Waals surface area contributed by atoms with E-state index in [1.165, 1.54) is 13.8 Å². The summed E-state index contributed by atoms with van der Waals surface area (Å²) in [5.41, 5.74) is 0. The second-order valence-corrected chi connectivity index (χ2v) is 3.51. The molecule has 5 heteroatoms. The van der Waals surface area contributed by atoms with Gasteiger partial charge in [-0.05, 0) is 27.2 Å². The van der Waals surface area contributed by atoms with E-state index in [2.05, 4.69) is 11.7 Å². The first-order valence-corrected chi connectivity index (χ1v) is 6.46. The molecule has 0 bridgehead atoms. The van der Waals surface area contributed by atoms with Crippen molar-refractivity contribution in [2.75, 3.05) is 26.4 Å². The highest BCUT2D eigenvalue weighted by atomic mass is 16.5. The van der Waals surface area contributed by atoms with Gasteiger partial charge in [0.2, 0.25) is 0 Å². The van der Waals surface area contributed by atoms with Crippen LogP contribution in [0.2, 0.25) is 0 Å². The van der Waals surface area contributed by atoms with Crippen molar-refractivity contribution in [2.45, 2.75) is 53.6 Å². The van der Waals surface area contributed by atoms with E-state index in [9.17, 15) is 4.79 Å². The molecule has 2 N–H and O–H groups in total. The van der Waals surface area contributed by atoms with Crippen molar-refractivity contribution in [3.8, 4) is 0 Å². The summed E-state index contributed by atoms with van der Waals surface area (Å²) in [6.07, 6.45) is 1.49. The molecule has 1 unspecified atom stereocenters. The van der Waals surface area contributed by atoms with Crippen LogP contribution in [-0.2, 0) is 14.3 Å². The van der Waals surface area contributed by atoms with Crippen molar-refractivity contribution in [3.05, 3.63) is 0 Å². The molecule has 0 amide bonds. The van der Waals surface area contributed by atoms with Crippen LogP contribution in [0, 0.1) is 0 Å². The zero-order chi connectivity index (χ0) is 14.8. The number of ether oxygens (including phenoxy) is 2. The van der Waals surface area contributed by atoms with Gasteiger partial charge in [-0.1, -0.05) is 13.3 Å². The lowest BCUT2D eigenvalue weighted by Crippen LogP contribution is -2.03. The lowest BCUT2D eigenvalue weighted by Gasteiger charge is -1.96. The summed E-state index contributed by atoms with van der Waals surface area (Å²) < 4.78 is 9.48. The Balaban J connectivity index is -0.000000197. The Morgan fingerprint density at radius 2 is 1.67 bits per heavy atom. The molecular weight excluding hydrogens is 236 g/mol. The Kier molecular flexibility index (Phi) is 27.0. The third-order valence-corrected chi connectivity index (χ3v) is 1.48. The zero-order valence-electron chi connectivity index (χ0n) is 12.4. The lowest BCUT2D eigenvalue weighted by molar-refractivity contribution is -0.141. The van der Waals surface area contributed by atoms with Crippen molar-refractivity contribution < 1.29 is 24.5 Å². The summed E-state index contributed by atoms with van der Waals surface area (Å²) >= 11 is 0. The number of carbonyl (C=O) groups excluding carboxylic acids is 1. The normalized spacial score (nSPS) is 10.4. The van der Waals surface area contributed by atoms with Crippen LogP contribution >= 0.6 is 0 Å². The number of carbonyl (C=O) groups is 1. The van der Waals surface area contributed by atoms with Crippen LogP contribution in [0.15, 0.2) is 0 Å². The van der Waals surface area contributed by atoms with Gasteiger partial charge in [-0.25, -0.2) is 0 Å². The number of hydrogen-bond donors (Lipinski definition) is 2. The number of esters is 1. The first-order chi connectivity index (χ1) is 8.45. The SMILES string of the molecule is CC(O)CO.CCCCOC(C)=O.CCOCC. The maximum atomic E-state index is 10.1. The number of rotatable bonds is 6. The maximum Gasteiger partial charge on any atom is 0.302 e. The Labute approximate surface area is 111 Å². The fourth-order valence-electron chi connectivity index (χ4n) is 0.564. The van der Waals surface area contributed by atoms with Crippen LogP contribution in [0.4, 0.5) is 0 Å². The van der Waals surface area contributed by atoms with Crippen molar-refractivity contribution in [1.29, 1.82) is 0 Å². The molecule has 0 heterocycles. The fourth-order valence-corrected chi connectivity index (χ4v) is 0.564. The molecule has 0 radical (unpaired) electrons. The molecule has 0 aliphatic rings. The van der Waals surface area contributed by atoms with Crippen LogP contribution in [-0.4, -0.2) is 48.7 Å². The highest BCUT2D eigenvalue weighted by Crippen LogP contribution is 1.86. The molecular formula is C13H30O5. The smallest absolute Gasteiger partial charge is 0.302 e. The third-order valence-electron chi connectivity index (χ3n) is 1.48. The third kappa shape index (κ3) is 45.3. The predicted octanol–water partition coefficient (Wildman–Crippen LogP) is 1.75. The maximum absolute atomic E-state index is 10.1. The van der Waals surface area contributed by atoms with E-state index in [4.69, 9.17) is 14.9 Å². The minimum absolute atomic E-state index is 0.139. The van der Waals surface area contributed by atoms with Gasteiger partial charge in [0.15, 0.2) is 0 Å². The highest BCUT2D eigenvalue weighted by molar-refractivity contribution is 5.65. The van der Waals surface area contributed by atoms with E-state index < -0.39 is 6.10 Å². The van der Waals surface area contributed by atoms with Crippen LogP contribution in [0.1, 0.15) is 47.5 Å². The van der Waals surface area contributed by atoms with E-state index in [0.29, 0.717) is 6.61 Å². The Bertz CT molecular complexity index is 146. The predicted molar refractivity (Wildman–Crippen MR) is 72.5 cm³/mol. The quantitative estimate of drug-likeness (QED) is 0.566. The summed E-state index contributed by atoms with van der Waals surface area (Å²) in [5, 5.41) is 16.0. The van der Waals surface area contributed by atoms with Crippen LogP contribution < -0.4 is 0 Å². The average Bonchev–Trinajstić information content (AvgIpc) is 2.31. The van der Waals surface area contributed by atoms with Gasteiger partial charge in [-0.2, -0.15) is 0 Å². The number of aliphatic hydroxyl groups is 2. The fraction of sp³-hybridized carbons (Fsp3) is 0.923. The van der Waals surface area contributed by atoms with Gasteiger partial charge in [-0.15, -0.1) is 0 Å². The van der Waals surface area contributed by atoms with E-state index in [0.717, 1.165) is 26.1 Å². The van der Waals surface area contributed by atoms with Crippen molar-refractivity contribution in [1.82, 2.24) is 0 Å². The molecule has 112 valence electrons. The van der Waals surface area contributed by atoms with Crippen LogP contribution in [0.25, 0.3) is 0 Å². The average molecular weight is 266 g/mol. The summed E-state index contributed by atoms with van der Waals surface area (Å²) in [6.45, 7) is 11.1. The highest BCUT2D eigenvalue weighted by Gasteiger charge is 1.88. The van der Waals surface area contributed by atoms with Crippen molar-refractivity contribution >= 4 is 5.97 Å². The van der Waals surface area contributed by atoms with Crippen LogP contribution in [0.5, 0.6) is 0 Å². The molecule has 0 fully saturated rings. The Morgan fingerprint density at radius 1 is 1.22 bits per heavy atom. The number of aliphatic hydroxyl groups excluding tert-OH is 2. The molecule has 0 rings (SSSR count). The van der Waals surface area contributed by atoms with E-state index in [-0.39, 0.29) is 12.6 Å². The minimum atomic E-state index is -0.560. The van der Waals surface area contributed by atoms with Crippen molar-refractivity contribution in [3.63, 3.8) is 0 Å². The number of hydrogen-bond acceptors (Lipinski definition) is 5. The van der Waals surface area contributed by atoms with Crippen LogP contribution in [0.3, 0.4) is 0 Å². The molecule has 1 atom stereocenters. The van der Waals surface area contributed by atoms with E-state index in [1.54, 1.807) is 0 Å². The number of unbranched alkanes of at least 4 members (excludes halogenated alkanes) is 1. The monoisotopic (exact) mass is 266 g/mol. The first-order valence-electron chi connectivity index (χ1n) is 6.46. The molecule has 0 aliphatic carbocycles. The molecule has 0 saturated heterocycles.